The zero-order valence-electron chi connectivity index (χ0n) is 24.6. The molecule has 2 aliphatic heterocycles. The molecule has 14 heteroatoms. The number of nitrogens with zero attached hydrogens (tertiary/aromatic N) is 1. The van der Waals surface area contributed by atoms with Crippen LogP contribution in [0.3, 0.4) is 0 Å². The molecule has 4 N–H and O–H groups in total. The van der Waals surface area contributed by atoms with E-state index in [1.165, 1.54) is 11.9 Å². The van der Waals surface area contributed by atoms with Crippen LogP contribution in [0.15, 0.2) is 76.5 Å². The fourth-order valence-corrected chi connectivity index (χ4v) is 7.24. The largest absolute Gasteiger partial charge is 0.486 e. The van der Waals surface area contributed by atoms with Crippen molar-refractivity contribution >= 4 is 33.8 Å². The Hall–Kier alpha value is -3.69. The maximum Gasteiger partial charge on any atom is 0.251 e. The average molecular weight is 659 g/mol. The molecule has 0 saturated heterocycles. The third-order valence-electron chi connectivity index (χ3n) is 7.43. The molecule has 11 nitrogen and oxygen atoms in total. The summed E-state index contributed by atoms with van der Waals surface area (Å²) in [5.41, 5.74) is 1.75. The van der Waals surface area contributed by atoms with Gasteiger partial charge in [-0.3, -0.25) is 9.59 Å². The van der Waals surface area contributed by atoms with Crippen LogP contribution in [-0.4, -0.2) is 80.7 Å². The summed E-state index contributed by atoms with van der Waals surface area (Å²) in [4.78, 5) is 27.6. The molecule has 45 heavy (non-hydrogen) atoms. The highest BCUT2D eigenvalue weighted by atomic mass is 32.2. The first-order chi connectivity index (χ1) is 21.6. The highest BCUT2D eigenvalue weighted by molar-refractivity contribution is 7.97. The van der Waals surface area contributed by atoms with E-state index in [0.29, 0.717) is 37.7 Å². The first-order valence-corrected chi connectivity index (χ1v) is 16.8. The van der Waals surface area contributed by atoms with Gasteiger partial charge in [-0.2, -0.15) is 0 Å². The molecular formula is C31H35FN4O7S2. The highest BCUT2D eigenvalue weighted by Gasteiger charge is 2.36. The van der Waals surface area contributed by atoms with Crippen LogP contribution < -0.4 is 24.8 Å². The van der Waals surface area contributed by atoms with E-state index >= 15 is 0 Å². The van der Waals surface area contributed by atoms with Crippen molar-refractivity contribution in [2.45, 2.75) is 47.7 Å². The Kier molecular flexibility index (Phi) is 10.6. The number of likely N-dealkylation sites (N-methyl/N-ethyl adjacent to an activating group) is 1. The van der Waals surface area contributed by atoms with Gasteiger partial charge in [-0.05, 0) is 72.3 Å². The summed E-state index contributed by atoms with van der Waals surface area (Å²) in [6, 6.07) is 15.8. The lowest BCUT2D eigenvalue weighted by atomic mass is 9.98. The summed E-state index contributed by atoms with van der Waals surface area (Å²) in [7, 11) is -3.92. The van der Waals surface area contributed by atoms with Gasteiger partial charge < -0.3 is 25.2 Å². The SMILES string of the molecule is CCN1Sc2cc3c(cc2CC1C(=O)N[C@@H](Cc1ccccc1)C(O)C(=O)NCCNS(=O)(=O)c1ccc(F)cc1)OCCO3. The van der Waals surface area contributed by atoms with Gasteiger partial charge in [0.25, 0.3) is 5.91 Å². The number of nitrogens with one attached hydrogen (secondary N) is 3. The fourth-order valence-electron chi connectivity index (χ4n) is 5.11. The normalized spacial score (nSPS) is 17.5. The number of carbonyl (C=O) groups is 2. The monoisotopic (exact) mass is 658 g/mol. The Morgan fingerprint density at radius 2 is 1.73 bits per heavy atom. The molecule has 3 aromatic carbocycles. The summed E-state index contributed by atoms with van der Waals surface area (Å²) < 4.78 is 53.8. The molecule has 2 aliphatic rings. The summed E-state index contributed by atoms with van der Waals surface area (Å²) in [5, 5.41) is 16.6. The van der Waals surface area contributed by atoms with Gasteiger partial charge in [-0.15, -0.1) is 0 Å². The minimum Gasteiger partial charge on any atom is -0.486 e. The molecule has 0 fully saturated rings. The molecule has 5 rings (SSSR count). The third-order valence-corrected chi connectivity index (χ3v) is 10.2. The van der Waals surface area contributed by atoms with Gasteiger partial charge in [0.1, 0.15) is 25.1 Å². The van der Waals surface area contributed by atoms with Crippen molar-refractivity contribution in [3.63, 3.8) is 0 Å². The van der Waals surface area contributed by atoms with Crippen LogP contribution in [0.1, 0.15) is 18.1 Å². The van der Waals surface area contributed by atoms with E-state index in [2.05, 4.69) is 15.4 Å². The molecule has 0 spiro atoms. The number of carbonyl (C=O) groups excluding carboxylic acids is 2. The Bertz CT molecular complexity index is 1610. The van der Waals surface area contributed by atoms with Gasteiger partial charge in [0.2, 0.25) is 15.9 Å². The van der Waals surface area contributed by atoms with Gasteiger partial charge in [0.05, 0.1) is 10.9 Å². The van der Waals surface area contributed by atoms with E-state index in [9.17, 15) is 27.5 Å². The number of fused-ring (bicyclic) bond motifs is 2. The van der Waals surface area contributed by atoms with Gasteiger partial charge >= 0.3 is 0 Å². The lowest BCUT2D eigenvalue weighted by Crippen LogP contribution is -2.56. The quantitative estimate of drug-likeness (QED) is 0.170. The summed E-state index contributed by atoms with van der Waals surface area (Å²) in [6.07, 6.45) is -1.05. The van der Waals surface area contributed by atoms with Crippen molar-refractivity contribution in [2.24, 2.45) is 0 Å². The standard InChI is InChI=1S/C31H35FN4O7S2/c1-2-36-25(17-21-18-26-27(19-28(21)44-36)43-15-14-42-26)30(38)35-24(16-20-6-4-3-5-7-20)29(37)31(39)33-12-13-34-45(40,41)23-10-8-22(32)9-11-23/h3-11,18-19,24-25,29,34,37H,2,12-17H2,1H3,(H,33,39)(H,35,38)/t24-,25?,29?/m0/s1. The first-order valence-electron chi connectivity index (χ1n) is 14.6. The van der Waals surface area contributed by atoms with Crippen molar-refractivity contribution in [3.8, 4) is 11.5 Å². The lowest BCUT2D eigenvalue weighted by molar-refractivity contribution is -0.133. The molecule has 0 saturated carbocycles. The predicted octanol–water partition coefficient (Wildman–Crippen LogP) is 2.03. The summed E-state index contributed by atoms with van der Waals surface area (Å²) >= 11 is 1.45. The topological polar surface area (TPSA) is 146 Å². The van der Waals surface area contributed by atoms with Crippen LogP contribution in [-0.2, 0) is 32.5 Å². The molecule has 2 heterocycles. The zero-order valence-corrected chi connectivity index (χ0v) is 26.2. The highest BCUT2D eigenvalue weighted by Crippen LogP contribution is 2.42. The Labute approximate surface area is 265 Å². The molecule has 2 unspecified atom stereocenters. The predicted molar refractivity (Wildman–Crippen MR) is 166 cm³/mol. The van der Waals surface area contributed by atoms with Crippen LogP contribution in [0, 0.1) is 5.82 Å². The van der Waals surface area contributed by atoms with Crippen molar-refractivity contribution in [1.29, 1.82) is 0 Å². The number of hydrogen-bond donors (Lipinski definition) is 4. The number of sulfonamides is 1. The van der Waals surface area contributed by atoms with E-state index in [-0.39, 0.29) is 30.3 Å². The van der Waals surface area contributed by atoms with Gasteiger partial charge in [0.15, 0.2) is 17.6 Å². The van der Waals surface area contributed by atoms with Crippen molar-refractivity contribution < 1.29 is 37.0 Å². The Morgan fingerprint density at radius 1 is 1.04 bits per heavy atom. The molecule has 0 aromatic heterocycles. The van der Waals surface area contributed by atoms with E-state index in [1.807, 2.05) is 53.7 Å². The fraction of sp³-hybridized carbons (Fsp3) is 0.355. The van der Waals surface area contributed by atoms with Crippen molar-refractivity contribution in [2.75, 3.05) is 32.8 Å². The number of amides is 2. The maximum absolute atomic E-state index is 13.8. The van der Waals surface area contributed by atoms with Gasteiger partial charge in [0, 0.05) is 24.5 Å². The van der Waals surface area contributed by atoms with E-state index in [0.717, 1.165) is 40.3 Å². The van der Waals surface area contributed by atoms with Crippen molar-refractivity contribution in [3.05, 3.63) is 83.7 Å². The molecule has 0 bridgehead atoms. The van der Waals surface area contributed by atoms with E-state index in [4.69, 9.17) is 9.47 Å². The smallest absolute Gasteiger partial charge is 0.251 e. The van der Waals surface area contributed by atoms with Crippen LogP contribution in [0.25, 0.3) is 0 Å². The van der Waals surface area contributed by atoms with Crippen LogP contribution in [0.4, 0.5) is 4.39 Å². The molecule has 3 aromatic rings. The zero-order chi connectivity index (χ0) is 32.0. The van der Waals surface area contributed by atoms with Gasteiger partial charge in [-0.25, -0.2) is 21.8 Å². The van der Waals surface area contributed by atoms with Gasteiger partial charge in [-0.1, -0.05) is 37.3 Å². The molecule has 0 radical (unpaired) electrons. The lowest BCUT2D eigenvalue weighted by Gasteiger charge is -2.36. The number of aliphatic hydroxyl groups is 1. The first kappa shape index (κ1) is 32.7. The second-order valence-corrected chi connectivity index (χ2v) is 13.4. The maximum atomic E-state index is 13.8. The van der Waals surface area contributed by atoms with Crippen LogP contribution in [0.2, 0.25) is 0 Å². The molecule has 0 aliphatic carbocycles. The Morgan fingerprint density at radius 3 is 2.42 bits per heavy atom. The van der Waals surface area contributed by atoms with Crippen LogP contribution >= 0.6 is 11.9 Å². The van der Waals surface area contributed by atoms with Crippen molar-refractivity contribution in [1.82, 2.24) is 19.7 Å². The second-order valence-electron chi connectivity index (χ2n) is 10.5. The molecule has 2 amide bonds. The number of hydrogen-bond acceptors (Lipinski definition) is 9. The summed E-state index contributed by atoms with van der Waals surface area (Å²) in [5.74, 6) is -0.364. The summed E-state index contributed by atoms with van der Waals surface area (Å²) in [6.45, 7) is 3.14. The number of benzene rings is 3. The third kappa shape index (κ3) is 8.13. The number of halogens is 1. The number of ether oxygens (including phenoxy) is 2. The molecular weight excluding hydrogens is 623 g/mol. The second kappa shape index (κ2) is 14.6. The molecule has 3 atom stereocenters. The average Bonchev–Trinajstić information content (AvgIpc) is 3.05. The van der Waals surface area contributed by atoms with E-state index in [1.54, 1.807) is 0 Å². The minimum absolute atomic E-state index is 0.119. The molecule has 240 valence electrons. The van der Waals surface area contributed by atoms with E-state index < -0.39 is 39.9 Å². The number of aliphatic hydroxyl groups excluding tert-OH is 1. The minimum atomic E-state index is -3.92. The Balaban J connectivity index is 1.24. The van der Waals surface area contributed by atoms with Crippen LogP contribution in [0.5, 0.6) is 11.5 Å². The number of rotatable bonds is 12.